The summed E-state index contributed by atoms with van der Waals surface area (Å²) in [6, 6.07) is 11.3. The maximum absolute atomic E-state index is 14.2. The third-order valence-electron chi connectivity index (χ3n) is 8.04. The Hall–Kier alpha value is -4.17. The number of amides is 1. The Kier molecular flexibility index (Phi) is 9.11. The van der Waals surface area contributed by atoms with Gasteiger partial charge in [-0.2, -0.15) is 4.98 Å². The first-order valence-electron chi connectivity index (χ1n) is 14.7. The molecule has 4 aromatic rings. The van der Waals surface area contributed by atoms with E-state index in [1.165, 1.54) is 0 Å². The number of halogens is 1. The lowest BCUT2D eigenvalue weighted by Gasteiger charge is -2.41. The van der Waals surface area contributed by atoms with Crippen molar-refractivity contribution in [3.05, 3.63) is 92.9 Å². The summed E-state index contributed by atoms with van der Waals surface area (Å²) in [5.74, 6) is 1.27. The highest BCUT2D eigenvalue weighted by Crippen LogP contribution is 2.37. The Morgan fingerprint density at radius 1 is 1.20 bits per heavy atom. The van der Waals surface area contributed by atoms with Crippen molar-refractivity contribution in [2.24, 2.45) is 0 Å². The molecule has 4 heterocycles. The van der Waals surface area contributed by atoms with E-state index < -0.39 is 5.69 Å². The number of pyridine rings is 2. The predicted molar refractivity (Wildman–Crippen MR) is 180 cm³/mol. The van der Waals surface area contributed by atoms with E-state index in [1.54, 1.807) is 21.7 Å². The molecule has 1 fully saturated rings. The van der Waals surface area contributed by atoms with Crippen molar-refractivity contribution in [2.45, 2.75) is 46.1 Å². The Morgan fingerprint density at radius 2 is 1.95 bits per heavy atom. The molecule has 0 N–H and O–H groups in total. The van der Waals surface area contributed by atoms with Crippen LogP contribution in [0.1, 0.15) is 50.4 Å². The van der Waals surface area contributed by atoms with Crippen molar-refractivity contribution in [3.63, 3.8) is 0 Å². The summed E-state index contributed by atoms with van der Waals surface area (Å²) in [6.45, 7) is 13.2. The second-order valence-electron chi connectivity index (χ2n) is 11.2. The minimum atomic E-state index is -0.476. The first kappa shape index (κ1) is 31.3. The fourth-order valence-corrected chi connectivity index (χ4v) is 6.05. The van der Waals surface area contributed by atoms with Gasteiger partial charge in [0.2, 0.25) is 5.91 Å². The Labute approximate surface area is 265 Å². The molecule has 0 unspecified atom stereocenters. The van der Waals surface area contributed by atoms with E-state index in [4.69, 9.17) is 32.3 Å². The van der Waals surface area contributed by atoms with Gasteiger partial charge in [0.05, 0.1) is 27.5 Å². The standard InChI is InChI=1S/C33H33B2ClN6O2/c1-6-21-10-8-9-11-23(21)28-26(36)16-24-30(41-15-14-40(18-20(41)5)32(43)25(35)17-34)39-33(44)42(31(24)38-28)29-22(7-2)12-13-37-27(29)19(3)4/h6,8-13,16-17,19-20H,1,7,14-15,18H2,2-5H3/b25-17-/t20-/m0/s1. The minimum absolute atomic E-state index is 0.00991. The molecule has 1 atom stereocenters. The lowest BCUT2D eigenvalue weighted by molar-refractivity contribution is -0.127. The lowest BCUT2D eigenvalue weighted by Crippen LogP contribution is -2.54. The van der Waals surface area contributed by atoms with Crippen LogP contribution in [0, 0.1) is 0 Å². The molecule has 220 valence electrons. The van der Waals surface area contributed by atoms with Gasteiger partial charge in [-0.15, -0.1) is 5.98 Å². The molecule has 1 aliphatic rings. The topological polar surface area (TPSA) is 84.2 Å². The Morgan fingerprint density at radius 3 is 2.61 bits per heavy atom. The smallest absolute Gasteiger partial charge is 0.350 e. The maximum Gasteiger partial charge on any atom is 0.355 e. The molecule has 1 aliphatic heterocycles. The number of aromatic nitrogens is 4. The number of carbonyl (C=O) groups excluding carboxylic acids is 1. The van der Waals surface area contributed by atoms with Gasteiger partial charge in [-0.3, -0.25) is 9.78 Å². The zero-order chi connectivity index (χ0) is 31.7. The monoisotopic (exact) mass is 602 g/mol. The highest BCUT2D eigenvalue weighted by Gasteiger charge is 2.31. The summed E-state index contributed by atoms with van der Waals surface area (Å²) in [5.41, 5.74) is 4.54. The zero-order valence-corrected chi connectivity index (χ0v) is 26.2. The van der Waals surface area contributed by atoms with Crippen molar-refractivity contribution in [1.29, 1.82) is 0 Å². The fourth-order valence-electron chi connectivity index (χ4n) is 5.79. The number of hydrogen-bond acceptors (Lipinski definition) is 6. The molecule has 8 nitrogen and oxygen atoms in total. The van der Waals surface area contributed by atoms with Crippen LogP contribution in [-0.2, 0) is 11.2 Å². The highest BCUT2D eigenvalue weighted by atomic mass is 35.5. The van der Waals surface area contributed by atoms with Crippen LogP contribution < -0.4 is 10.6 Å². The predicted octanol–water partition coefficient (Wildman–Crippen LogP) is 5.04. The first-order valence-corrected chi connectivity index (χ1v) is 15.1. The molecule has 1 saturated heterocycles. The van der Waals surface area contributed by atoms with Gasteiger partial charge >= 0.3 is 5.69 Å². The molecule has 0 spiro atoms. The normalized spacial score (nSPS) is 15.7. The molecular weight excluding hydrogens is 569 g/mol. The van der Waals surface area contributed by atoms with E-state index in [0.717, 1.165) is 28.4 Å². The SMILES string of the molecule is [B]/C=C(\[B])C(=O)N1CCN(c2nc(=O)n(-c3c(CC)ccnc3C(C)C)c3nc(-c4ccccc4C=C)c(Cl)cc23)[C@@H](C)C1. The number of hydrogen-bond donors (Lipinski definition) is 0. The maximum atomic E-state index is 14.2. The largest absolute Gasteiger partial charge is 0.355 e. The van der Waals surface area contributed by atoms with Crippen LogP contribution in [0.2, 0.25) is 5.02 Å². The zero-order valence-electron chi connectivity index (χ0n) is 25.4. The number of fused-ring (bicyclic) bond motifs is 1. The van der Waals surface area contributed by atoms with E-state index in [9.17, 15) is 9.59 Å². The number of aryl methyl sites for hydroxylation is 1. The highest BCUT2D eigenvalue weighted by molar-refractivity contribution is 6.40. The van der Waals surface area contributed by atoms with Crippen LogP contribution in [0.5, 0.6) is 0 Å². The van der Waals surface area contributed by atoms with Crippen LogP contribution in [-0.4, -0.2) is 71.7 Å². The van der Waals surface area contributed by atoms with E-state index in [0.29, 0.717) is 59.3 Å². The van der Waals surface area contributed by atoms with Crippen LogP contribution in [0.25, 0.3) is 34.1 Å². The number of anilines is 1. The molecule has 0 bridgehead atoms. The van der Waals surface area contributed by atoms with Crippen LogP contribution >= 0.6 is 11.6 Å². The molecule has 0 saturated carbocycles. The molecule has 0 aliphatic carbocycles. The van der Waals surface area contributed by atoms with E-state index in [2.05, 4.69) is 16.5 Å². The van der Waals surface area contributed by atoms with Gasteiger partial charge in [0.1, 0.15) is 21.5 Å². The van der Waals surface area contributed by atoms with Crippen LogP contribution in [0.4, 0.5) is 5.82 Å². The number of benzene rings is 1. The van der Waals surface area contributed by atoms with Crippen LogP contribution in [0.3, 0.4) is 0 Å². The van der Waals surface area contributed by atoms with Crippen molar-refractivity contribution in [1.82, 2.24) is 24.4 Å². The van der Waals surface area contributed by atoms with Crippen molar-refractivity contribution in [2.75, 3.05) is 24.5 Å². The molecule has 1 aromatic carbocycles. The number of nitrogens with zero attached hydrogens (tertiary/aromatic N) is 6. The number of rotatable bonds is 7. The van der Waals surface area contributed by atoms with Gasteiger partial charge < -0.3 is 9.80 Å². The minimum Gasteiger partial charge on any atom is -0.350 e. The number of piperazine rings is 1. The number of carbonyl (C=O) groups is 1. The quantitative estimate of drug-likeness (QED) is 0.218. The van der Waals surface area contributed by atoms with Gasteiger partial charge in [-0.1, -0.05) is 69.3 Å². The van der Waals surface area contributed by atoms with Gasteiger partial charge in [0.15, 0.2) is 5.65 Å². The van der Waals surface area contributed by atoms with E-state index in [1.807, 2.05) is 69.0 Å². The summed E-state index contributed by atoms with van der Waals surface area (Å²) in [7, 11) is 11.3. The summed E-state index contributed by atoms with van der Waals surface area (Å²) in [5, 5.41) is 1.02. The average molecular weight is 603 g/mol. The molecule has 1 amide bonds. The van der Waals surface area contributed by atoms with Crippen molar-refractivity contribution in [3.8, 4) is 16.9 Å². The van der Waals surface area contributed by atoms with Crippen molar-refractivity contribution < 1.29 is 4.79 Å². The first-order chi connectivity index (χ1) is 21.1. The summed E-state index contributed by atoms with van der Waals surface area (Å²) in [4.78, 5) is 45.1. The molecule has 4 radical (unpaired) electrons. The molecule has 3 aromatic heterocycles. The average Bonchev–Trinajstić information content (AvgIpc) is 3.03. The molecule has 44 heavy (non-hydrogen) atoms. The Bertz CT molecular complexity index is 1850. The third kappa shape index (κ3) is 5.59. The molecule has 5 rings (SSSR count). The summed E-state index contributed by atoms with van der Waals surface area (Å²) in [6.07, 6.45) is 4.21. The summed E-state index contributed by atoms with van der Waals surface area (Å²) < 4.78 is 1.58. The molecule has 11 heteroatoms. The second-order valence-corrected chi connectivity index (χ2v) is 11.6. The van der Waals surface area contributed by atoms with Gasteiger partial charge in [-0.25, -0.2) is 14.3 Å². The van der Waals surface area contributed by atoms with E-state index >= 15 is 0 Å². The third-order valence-corrected chi connectivity index (χ3v) is 8.33. The van der Waals surface area contributed by atoms with Gasteiger partial charge in [0, 0.05) is 37.4 Å². The van der Waals surface area contributed by atoms with Crippen molar-refractivity contribution >= 4 is 56.1 Å². The van der Waals surface area contributed by atoms with Crippen LogP contribution in [0.15, 0.2) is 65.4 Å². The summed E-state index contributed by atoms with van der Waals surface area (Å²) >= 11 is 6.98. The van der Waals surface area contributed by atoms with E-state index in [-0.39, 0.29) is 23.3 Å². The van der Waals surface area contributed by atoms with Gasteiger partial charge in [0.25, 0.3) is 0 Å². The van der Waals surface area contributed by atoms with Gasteiger partial charge in [-0.05, 0) is 48.0 Å². The lowest BCUT2D eigenvalue weighted by atomic mass is 9.88. The fraction of sp³-hybridized carbons (Fsp3) is 0.303. The second kappa shape index (κ2) is 12.8. The Balaban J connectivity index is 1.79. The molecular formula is C33H33B2ClN6O2.